The van der Waals surface area contributed by atoms with Gasteiger partial charge in [-0.1, -0.05) is 12.1 Å². The first-order valence-corrected chi connectivity index (χ1v) is 10.6. The highest BCUT2D eigenvalue weighted by Gasteiger charge is 2.21. The molecule has 0 radical (unpaired) electrons. The van der Waals surface area contributed by atoms with Gasteiger partial charge in [-0.3, -0.25) is 0 Å². The minimum absolute atomic E-state index is 0.106. The van der Waals surface area contributed by atoms with E-state index in [4.69, 9.17) is 14.2 Å². The van der Waals surface area contributed by atoms with E-state index >= 15 is 0 Å². The second kappa shape index (κ2) is 9.13. The number of hydrogen-bond acceptors (Lipinski definition) is 6. The lowest BCUT2D eigenvalue weighted by Crippen LogP contribution is -2.31. The zero-order valence-electron chi connectivity index (χ0n) is 13.9. The van der Waals surface area contributed by atoms with Crippen LogP contribution in [0.15, 0.2) is 24.3 Å². The molecular formula is C18H24O4S2. The van der Waals surface area contributed by atoms with Gasteiger partial charge >= 0.3 is 5.97 Å². The summed E-state index contributed by atoms with van der Waals surface area (Å²) in [6.45, 7) is 2.97. The van der Waals surface area contributed by atoms with Gasteiger partial charge in [-0.25, -0.2) is 4.79 Å². The van der Waals surface area contributed by atoms with Crippen molar-refractivity contribution < 1.29 is 19.0 Å². The molecule has 2 aliphatic rings. The molecule has 1 aromatic carbocycles. The summed E-state index contributed by atoms with van der Waals surface area (Å²) in [6, 6.07) is 7.81. The highest BCUT2D eigenvalue weighted by atomic mass is 32.2. The number of esters is 1. The highest BCUT2D eigenvalue weighted by Crippen LogP contribution is 2.45. The van der Waals surface area contributed by atoms with E-state index in [1.165, 1.54) is 17.1 Å². The Morgan fingerprint density at radius 1 is 1.25 bits per heavy atom. The summed E-state index contributed by atoms with van der Waals surface area (Å²) in [5, 5.41) is 0. The van der Waals surface area contributed by atoms with E-state index in [1.54, 1.807) is 6.92 Å². The maximum absolute atomic E-state index is 12.1. The van der Waals surface area contributed by atoms with Crippen LogP contribution in [0, 0.1) is 0 Å². The lowest BCUT2D eigenvalue weighted by Gasteiger charge is -2.23. The van der Waals surface area contributed by atoms with Crippen LogP contribution >= 0.6 is 23.5 Å². The Kier molecular flexibility index (Phi) is 6.89. The fraction of sp³-hybridized carbons (Fsp3) is 0.611. The highest BCUT2D eigenvalue weighted by molar-refractivity contribution is 8.19. The number of benzene rings is 1. The Labute approximate surface area is 152 Å². The molecule has 0 amide bonds. The molecule has 132 valence electrons. The van der Waals surface area contributed by atoms with E-state index < -0.39 is 6.10 Å². The summed E-state index contributed by atoms with van der Waals surface area (Å²) >= 11 is 3.93. The second-order valence-electron chi connectivity index (χ2n) is 6.03. The van der Waals surface area contributed by atoms with Gasteiger partial charge in [0.2, 0.25) is 0 Å². The van der Waals surface area contributed by atoms with Crippen molar-refractivity contribution in [3.05, 3.63) is 29.8 Å². The summed E-state index contributed by atoms with van der Waals surface area (Å²) < 4.78 is 17.1. The topological polar surface area (TPSA) is 44.8 Å². The zero-order chi connectivity index (χ0) is 16.8. The van der Waals surface area contributed by atoms with Crippen LogP contribution in [-0.2, 0) is 14.3 Å². The predicted molar refractivity (Wildman–Crippen MR) is 98.7 cm³/mol. The van der Waals surface area contributed by atoms with Gasteiger partial charge in [-0.2, -0.15) is 0 Å². The van der Waals surface area contributed by atoms with Gasteiger partial charge in [0.15, 0.2) is 6.10 Å². The number of rotatable bonds is 6. The van der Waals surface area contributed by atoms with Crippen LogP contribution in [0.2, 0.25) is 0 Å². The third-order valence-electron chi connectivity index (χ3n) is 4.13. The normalized spacial score (nSPS) is 23.1. The Balaban J connectivity index is 1.44. The van der Waals surface area contributed by atoms with Crippen LogP contribution in [-0.4, -0.2) is 42.9 Å². The third-order valence-corrected chi connectivity index (χ3v) is 7.23. The molecule has 1 aromatic rings. The van der Waals surface area contributed by atoms with Crippen molar-refractivity contribution in [2.24, 2.45) is 0 Å². The molecule has 4 nitrogen and oxygen atoms in total. The summed E-state index contributed by atoms with van der Waals surface area (Å²) in [6.07, 6.45) is 2.80. The van der Waals surface area contributed by atoms with Gasteiger partial charge in [0.1, 0.15) is 5.75 Å². The van der Waals surface area contributed by atoms with E-state index in [1.807, 2.05) is 47.8 Å². The van der Waals surface area contributed by atoms with Crippen LogP contribution in [0.1, 0.15) is 36.3 Å². The molecule has 0 bridgehead atoms. The molecule has 0 aliphatic carbocycles. The van der Waals surface area contributed by atoms with Gasteiger partial charge in [0, 0.05) is 18.1 Å². The molecule has 24 heavy (non-hydrogen) atoms. The van der Waals surface area contributed by atoms with Crippen molar-refractivity contribution in [3.63, 3.8) is 0 Å². The molecule has 2 unspecified atom stereocenters. The van der Waals surface area contributed by atoms with Gasteiger partial charge in [-0.05, 0) is 43.9 Å². The average molecular weight is 369 g/mol. The average Bonchev–Trinajstić information content (AvgIpc) is 3.16. The summed E-state index contributed by atoms with van der Waals surface area (Å²) in [4.78, 5) is 12.1. The smallest absolute Gasteiger partial charge is 0.340 e. The van der Waals surface area contributed by atoms with Crippen molar-refractivity contribution in [1.29, 1.82) is 0 Å². The molecule has 3 rings (SSSR count). The molecule has 0 saturated carbocycles. The first kappa shape index (κ1) is 18.1. The van der Waals surface area contributed by atoms with Crippen molar-refractivity contribution in [2.75, 3.05) is 24.7 Å². The number of carbonyl (C=O) groups is 1. The SMILES string of the molecule is CC(OCC1CCCCO1)C(=O)Oc1ccc(C2SCCS2)cc1. The number of ether oxygens (including phenoxy) is 3. The Bertz CT molecular complexity index is 522. The fourth-order valence-corrected chi connectivity index (χ4v) is 5.56. The predicted octanol–water partition coefficient (Wildman–Crippen LogP) is 4.04. The molecule has 6 heteroatoms. The van der Waals surface area contributed by atoms with E-state index in [-0.39, 0.29) is 12.1 Å². The van der Waals surface area contributed by atoms with Gasteiger partial charge in [0.05, 0.1) is 17.3 Å². The lowest BCUT2D eigenvalue weighted by atomic mass is 10.1. The van der Waals surface area contributed by atoms with Crippen molar-refractivity contribution in [3.8, 4) is 5.75 Å². The van der Waals surface area contributed by atoms with Crippen LogP contribution in [0.25, 0.3) is 0 Å². The van der Waals surface area contributed by atoms with Crippen LogP contribution in [0.3, 0.4) is 0 Å². The first-order valence-electron chi connectivity index (χ1n) is 8.50. The van der Waals surface area contributed by atoms with E-state index in [0.29, 0.717) is 16.9 Å². The summed E-state index contributed by atoms with van der Waals surface area (Å²) in [5.74, 6) is 2.61. The van der Waals surface area contributed by atoms with Gasteiger partial charge in [-0.15, -0.1) is 23.5 Å². The van der Waals surface area contributed by atoms with Crippen molar-refractivity contribution >= 4 is 29.5 Å². The largest absolute Gasteiger partial charge is 0.425 e. The quantitative estimate of drug-likeness (QED) is 0.558. The van der Waals surface area contributed by atoms with Gasteiger partial charge < -0.3 is 14.2 Å². The van der Waals surface area contributed by atoms with Gasteiger partial charge in [0.25, 0.3) is 0 Å². The van der Waals surface area contributed by atoms with Crippen molar-refractivity contribution in [2.45, 2.75) is 43.0 Å². The Morgan fingerprint density at radius 2 is 2.00 bits per heavy atom. The van der Waals surface area contributed by atoms with Crippen LogP contribution < -0.4 is 4.74 Å². The monoisotopic (exact) mass is 368 g/mol. The number of carbonyl (C=O) groups excluding carboxylic acids is 1. The maximum Gasteiger partial charge on any atom is 0.340 e. The lowest BCUT2D eigenvalue weighted by molar-refractivity contribution is -0.149. The second-order valence-corrected chi connectivity index (χ2v) is 8.75. The van der Waals surface area contributed by atoms with E-state index in [9.17, 15) is 4.79 Å². The molecule has 2 fully saturated rings. The number of hydrogen-bond donors (Lipinski definition) is 0. The number of thioether (sulfide) groups is 2. The first-order chi connectivity index (χ1) is 11.7. The Morgan fingerprint density at radius 3 is 2.67 bits per heavy atom. The summed E-state index contributed by atoms with van der Waals surface area (Å²) in [7, 11) is 0. The van der Waals surface area contributed by atoms with E-state index in [0.717, 1.165) is 25.9 Å². The summed E-state index contributed by atoms with van der Waals surface area (Å²) in [5.41, 5.74) is 1.28. The van der Waals surface area contributed by atoms with Crippen LogP contribution in [0.4, 0.5) is 0 Å². The maximum atomic E-state index is 12.1. The molecule has 2 aliphatic heterocycles. The molecule has 0 spiro atoms. The fourth-order valence-electron chi connectivity index (χ4n) is 2.70. The van der Waals surface area contributed by atoms with E-state index in [2.05, 4.69) is 0 Å². The molecule has 0 N–H and O–H groups in total. The molecule has 0 aromatic heterocycles. The minimum atomic E-state index is -0.587. The third kappa shape index (κ3) is 5.15. The standard InChI is InChI=1S/C18H24O4S2/c1-13(21-12-16-4-2-3-9-20-16)17(19)22-15-7-5-14(6-8-15)18-23-10-11-24-18/h5-8,13,16,18H,2-4,9-12H2,1H3. The zero-order valence-corrected chi connectivity index (χ0v) is 15.6. The molecule has 2 saturated heterocycles. The van der Waals surface area contributed by atoms with Crippen molar-refractivity contribution in [1.82, 2.24) is 0 Å². The minimum Gasteiger partial charge on any atom is -0.425 e. The molecule has 2 heterocycles. The molecular weight excluding hydrogens is 344 g/mol. The Hall–Kier alpha value is -0.690. The molecule has 2 atom stereocenters. The van der Waals surface area contributed by atoms with Crippen LogP contribution in [0.5, 0.6) is 5.75 Å².